The molecule has 0 saturated carbocycles. The number of aryl methyl sites for hydroxylation is 1. The highest BCUT2D eigenvalue weighted by Crippen LogP contribution is 2.15. The van der Waals surface area contributed by atoms with Crippen molar-refractivity contribution < 1.29 is 4.74 Å². The predicted molar refractivity (Wildman–Crippen MR) is 121 cm³/mol. The van der Waals surface area contributed by atoms with E-state index in [0.29, 0.717) is 19.1 Å². The standard InChI is InChI=1S/C21H22N4O.HI/c1-16-8-10-18(11-9-16)25-21(22)24-14-17-5-4-7-20(13-17)26-15-19-6-2-3-12-23-19;/h2-13H,14-15H2,1H3,(H3,22,24,25);1H. The Hall–Kier alpha value is -2.61. The van der Waals surface area contributed by atoms with E-state index in [2.05, 4.69) is 15.3 Å². The van der Waals surface area contributed by atoms with Gasteiger partial charge in [-0.25, -0.2) is 4.99 Å². The van der Waals surface area contributed by atoms with Gasteiger partial charge in [0.1, 0.15) is 12.4 Å². The summed E-state index contributed by atoms with van der Waals surface area (Å²) in [5, 5.41) is 3.09. The van der Waals surface area contributed by atoms with Crippen LogP contribution in [0.15, 0.2) is 77.9 Å². The molecule has 1 aromatic heterocycles. The summed E-state index contributed by atoms with van der Waals surface area (Å²) in [7, 11) is 0. The Morgan fingerprint density at radius 2 is 1.89 bits per heavy atom. The van der Waals surface area contributed by atoms with Crippen molar-refractivity contribution >= 4 is 35.6 Å². The van der Waals surface area contributed by atoms with Crippen LogP contribution >= 0.6 is 24.0 Å². The minimum atomic E-state index is 0. The molecule has 140 valence electrons. The fourth-order valence-corrected chi connectivity index (χ4v) is 2.38. The smallest absolute Gasteiger partial charge is 0.193 e. The Balaban J connectivity index is 0.00000261. The third-order valence-corrected chi connectivity index (χ3v) is 3.77. The van der Waals surface area contributed by atoms with Gasteiger partial charge in [0.15, 0.2) is 5.96 Å². The van der Waals surface area contributed by atoms with Gasteiger partial charge in [-0.1, -0.05) is 35.9 Å². The molecule has 0 atom stereocenters. The van der Waals surface area contributed by atoms with Crippen LogP contribution in [0.1, 0.15) is 16.8 Å². The number of anilines is 1. The van der Waals surface area contributed by atoms with Crippen molar-refractivity contribution in [3.63, 3.8) is 0 Å². The number of aromatic nitrogens is 1. The quantitative estimate of drug-likeness (QED) is 0.313. The lowest BCUT2D eigenvalue weighted by Crippen LogP contribution is -2.22. The van der Waals surface area contributed by atoms with Gasteiger partial charge in [0.25, 0.3) is 0 Å². The SMILES string of the molecule is Cc1ccc(NC(N)=NCc2cccc(OCc3ccccn3)c2)cc1.I. The van der Waals surface area contributed by atoms with Gasteiger partial charge in [-0.15, -0.1) is 24.0 Å². The van der Waals surface area contributed by atoms with Crippen LogP contribution in [0.25, 0.3) is 0 Å². The van der Waals surface area contributed by atoms with Crippen molar-refractivity contribution in [1.29, 1.82) is 0 Å². The van der Waals surface area contributed by atoms with Crippen LogP contribution in [-0.4, -0.2) is 10.9 Å². The molecule has 0 unspecified atom stereocenters. The summed E-state index contributed by atoms with van der Waals surface area (Å²) in [4.78, 5) is 8.64. The van der Waals surface area contributed by atoms with Crippen LogP contribution in [0.2, 0.25) is 0 Å². The van der Waals surface area contributed by atoms with E-state index < -0.39 is 0 Å². The molecule has 0 fully saturated rings. The molecule has 1 heterocycles. The monoisotopic (exact) mass is 474 g/mol. The minimum Gasteiger partial charge on any atom is -0.487 e. The molecule has 0 saturated heterocycles. The van der Waals surface area contributed by atoms with E-state index in [1.165, 1.54) is 5.56 Å². The summed E-state index contributed by atoms with van der Waals surface area (Å²) in [6, 6.07) is 21.6. The molecule has 0 radical (unpaired) electrons. The molecule has 3 aromatic rings. The molecule has 0 aliphatic rings. The third kappa shape index (κ3) is 6.90. The van der Waals surface area contributed by atoms with Crippen molar-refractivity contribution in [3.05, 3.63) is 89.7 Å². The van der Waals surface area contributed by atoms with E-state index in [1.54, 1.807) is 6.20 Å². The number of ether oxygens (including phenoxy) is 1. The number of nitrogens with two attached hydrogens (primary N) is 1. The van der Waals surface area contributed by atoms with Crippen molar-refractivity contribution in [2.75, 3.05) is 5.32 Å². The van der Waals surface area contributed by atoms with E-state index in [1.807, 2.05) is 73.7 Å². The van der Waals surface area contributed by atoms with Crippen LogP contribution in [0.4, 0.5) is 5.69 Å². The summed E-state index contributed by atoms with van der Waals surface area (Å²) in [6.45, 7) is 2.96. The Bertz CT molecular complexity index is 867. The zero-order valence-corrected chi connectivity index (χ0v) is 17.5. The topological polar surface area (TPSA) is 72.5 Å². The molecule has 3 rings (SSSR count). The number of hydrogen-bond donors (Lipinski definition) is 2. The zero-order valence-electron chi connectivity index (χ0n) is 15.1. The highest BCUT2D eigenvalue weighted by molar-refractivity contribution is 14.0. The van der Waals surface area contributed by atoms with Gasteiger partial charge in [0, 0.05) is 11.9 Å². The van der Waals surface area contributed by atoms with E-state index in [9.17, 15) is 0 Å². The summed E-state index contributed by atoms with van der Waals surface area (Å²) >= 11 is 0. The van der Waals surface area contributed by atoms with Gasteiger partial charge in [0.2, 0.25) is 0 Å². The second-order valence-electron chi connectivity index (χ2n) is 5.95. The molecule has 5 nitrogen and oxygen atoms in total. The number of halogens is 1. The van der Waals surface area contributed by atoms with Crippen molar-refractivity contribution in [1.82, 2.24) is 4.98 Å². The molecule has 0 bridgehead atoms. The van der Waals surface area contributed by atoms with Crippen LogP contribution in [0.5, 0.6) is 5.75 Å². The summed E-state index contributed by atoms with van der Waals surface area (Å²) < 4.78 is 5.79. The predicted octanol–water partition coefficient (Wildman–Crippen LogP) is 4.51. The minimum absolute atomic E-state index is 0. The summed E-state index contributed by atoms with van der Waals surface area (Å²) in [6.07, 6.45) is 1.76. The number of aliphatic imine (C=N–C) groups is 1. The number of hydrogen-bond acceptors (Lipinski definition) is 3. The largest absolute Gasteiger partial charge is 0.487 e. The fourth-order valence-electron chi connectivity index (χ4n) is 2.38. The molecule has 3 N–H and O–H groups in total. The van der Waals surface area contributed by atoms with Crippen LogP contribution in [0.3, 0.4) is 0 Å². The Kier molecular flexibility index (Phi) is 8.06. The lowest BCUT2D eigenvalue weighted by atomic mass is 10.2. The molecule has 2 aromatic carbocycles. The van der Waals surface area contributed by atoms with Crippen molar-refractivity contribution in [2.45, 2.75) is 20.1 Å². The maximum absolute atomic E-state index is 5.96. The van der Waals surface area contributed by atoms with Gasteiger partial charge in [-0.05, 0) is 48.9 Å². The molecule has 0 aliphatic heterocycles. The van der Waals surface area contributed by atoms with Gasteiger partial charge >= 0.3 is 0 Å². The van der Waals surface area contributed by atoms with E-state index >= 15 is 0 Å². The first kappa shape index (κ1) is 20.7. The number of rotatable bonds is 6. The second-order valence-corrected chi connectivity index (χ2v) is 5.95. The maximum atomic E-state index is 5.96. The highest BCUT2D eigenvalue weighted by Gasteiger charge is 2.00. The number of guanidine groups is 1. The number of benzene rings is 2. The number of pyridine rings is 1. The molecular formula is C21H23IN4O. The van der Waals surface area contributed by atoms with E-state index in [-0.39, 0.29) is 24.0 Å². The van der Waals surface area contributed by atoms with Crippen LogP contribution in [-0.2, 0) is 13.2 Å². The Morgan fingerprint density at radius 1 is 1.07 bits per heavy atom. The van der Waals surface area contributed by atoms with Gasteiger partial charge in [0.05, 0.1) is 12.2 Å². The first-order valence-corrected chi connectivity index (χ1v) is 8.44. The van der Waals surface area contributed by atoms with Crippen molar-refractivity contribution in [3.8, 4) is 5.75 Å². The molecule has 27 heavy (non-hydrogen) atoms. The van der Waals surface area contributed by atoms with Gasteiger partial charge < -0.3 is 15.8 Å². The number of nitrogens with zero attached hydrogens (tertiary/aromatic N) is 2. The first-order chi connectivity index (χ1) is 12.7. The number of nitrogens with one attached hydrogen (secondary N) is 1. The Morgan fingerprint density at radius 3 is 2.63 bits per heavy atom. The van der Waals surface area contributed by atoms with Gasteiger partial charge in [-0.3, -0.25) is 4.98 Å². The Labute approximate surface area is 176 Å². The fraction of sp³-hybridized carbons (Fsp3) is 0.143. The molecule has 0 spiro atoms. The third-order valence-electron chi connectivity index (χ3n) is 3.77. The lowest BCUT2D eigenvalue weighted by Gasteiger charge is -2.08. The van der Waals surface area contributed by atoms with Crippen molar-refractivity contribution in [2.24, 2.45) is 10.7 Å². The molecule has 0 amide bonds. The lowest BCUT2D eigenvalue weighted by molar-refractivity contribution is 0.301. The normalized spacial score (nSPS) is 10.8. The molecule has 6 heteroatoms. The average Bonchev–Trinajstić information content (AvgIpc) is 2.68. The van der Waals surface area contributed by atoms with Crippen LogP contribution in [0, 0.1) is 6.92 Å². The molecule has 0 aliphatic carbocycles. The highest BCUT2D eigenvalue weighted by atomic mass is 127. The maximum Gasteiger partial charge on any atom is 0.193 e. The zero-order chi connectivity index (χ0) is 18.2. The van der Waals surface area contributed by atoms with Gasteiger partial charge in [-0.2, -0.15) is 0 Å². The average molecular weight is 474 g/mol. The molecular weight excluding hydrogens is 451 g/mol. The van der Waals surface area contributed by atoms with Crippen LogP contribution < -0.4 is 15.8 Å². The summed E-state index contributed by atoms with van der Waals surface area (Å²) in [5.41, 5.74) is 10.0. The second kappa shape index (κ2) is 10.5. The van der Waals surface area contributed by atoms with E-state index in [4.69, 9.17) is 10.5 Å². The first-order valence-electron chi connectivity index (χ1n) is 8.44. The summed E-state index contributed by atoms with van der Waals surface area (Å²) in [5.74, 6) is 1.17. The van der Waals surface area contributed by atoms with E-state index in [0.717, 1.165) is 22.7 Å².